The highest BCUT2D eigenvalue weighted by Gasteiger charge is 2.29. The number of hydrogen-bond acceptors (Lipinski definition) is 5. The van der Waals surface area contributed by atoms with Gasteiger partial charge in [-0.05, 0) is 69.8 Å². The smallest absolute Gasteiger partial charge is 0.464 e. The molecule has 0 radical (unpaired) electrons. The second kappa shape index (κ2) is 16.8. The van der Waals surface area contributed by atoms with Gasteiger partial charge in [0.25, 0.3) is 0 Å². The summed E-state index contributed by atoms with van der Waals surface area (Å²) in [5, 5.41) is 35.8. The van der Waals surface area contributed by atoms with E-state index in [0.717, 1.165) is 33.4 Å². The molecule has 6 nitrogen and oxygen atoms in total. The van der Waals surface area contributed by atoms with Crippen LogP contribution >= 0.6 is 0 Å². The number of phenolic OH excluding ortho intramolecular Hbond substituents is 3. The lowest BCUT2D eigenvalue weighted by molar-refractivity contribution is 0.479. The topological polar surface area (TPSA) is 97.8 Å². The van der Waals surface area contributed by atoms with Crippen LogP contribution in [0.4, 0.5) is 0 Å². The van der Waals surface area contributed by atoms with Gasteiger partial charge in [-0.2, -0.15) is 4.42 Å². The van der Waals surface area contributed by atoms with E-state index in [4.69, 9.17) is 14.4 Å². The Morgan fingerprint density at radius 1 is 0.254 bits per heavy atom. The van der Waals surface area contributed by atoms with E-state index in [1.807, 2.05) is 218 Å². The summed E-state index contributed by atoms with van der Waals surface area (Å²) in [4.78, 5) is 10.4. The molecule has 0 aliphatic carbocycles. The molecule has 0 amide bonds. The second-order valence-corrected chi connectivity index (χ2v) is 15.2. The van der Waals surface area contributed by atoms with Crippen LogP contribution in [0.15, 0.2) is 223 Å². The van der Waals surface area contributed by atoms with E-state index in [9.17, 15) is 15.3 Å². The lowest BCUT2D eigenvalue weighted by Gasteiger charge is -2.14. The summed E-state index contributed by atoms with van der Waals surface area (Å²) >= 11 is 0. The minimum Gasteiger partial charge on any atom is -0.507 e. The third-order valence-corrected chi connectivity index (χ3v) is 11.2. The molecule has 0 aliphatic heterocycles. The molecule has 3 N–H and O–H groups in total. The largest absolute Gasteiger partial charge is 0.507 e. The molecule has 0 bridgehead atoms. The van der Waals surface area contributed by atoms with Crippen LogP contribution < -0.4 is 0 Å². The van der Waals surface area contributed by atoms with Crippen LogP contribution in [0.3, 0.4) is 0 Å². The molecular formula is C57H39N2O4+. The van der Waals surface area contributed by atoms with Crippen molar-refractivity contribution in [1.29, 1.82) is 0 Å². The van der Waals surface area contributed by atoms with Crippen molar-refractivity contribution < 1.29 is 19.7 Å². The quantitative estimate of drug-likeness (QED) is 0.126. The van der Waals surface area contributed by atoms with E-state index >= 15 is 0 Å². The minimum atomic E-state index is 0.128. The Hall–Kier alpha value is -8.61. The van der Waals surface area contributed by atoms with Crippen molar-refractivity contribution in [3.8, 4) is 118 Å². The molecule has 9 aromatic carbocycles. The first kappa shape index (κ1) is 38.6. The Balaban J connectivity index is 1.28. The van der Waals surface area contributed by atoms with Crippen molar-refractivity contribution in [2.24, 2.45) is 0 Å². The first-order valence-electron chi connectivity index (χ1n) is 20.7. The number of aromatic nitrogens is 2. The van der Waals surface area contributed by atoms with E-state index in [1.54, 1.807) is 0 Å². The van der Waals surface area contributed by atoms with Crippen molar-refractivity contribution in [2.75, 3.05) is 0 Å². The first-order chi connectivity index (χ1) is 31.0. The van der Waals surface area contributed by atoms with E-state index in [2.05, 4.69) is 0 Å². The lowest BCUT2D eigenvalue weighted by Crippen LogP contribution is -1.98. The fourth-order valence-corrected chi connectivity index (χ4v) is 8.04. The predicted molar refractivity (Wildman–Crippen MR) is 253 cm³/mol. The van der Waals surface area contributed by atoms with Crippen molar-refractivity contribution in [3.63, 3.8) is 0 Å². The summed E-state index contributed by atoms with van der Waals surface area (Å²) in [6.45, 7) is 0. The van der Waals surface area contributed by atoms with Crippen molar-refractivity contribution >= 4 is 0 Å². The standard InChI is InChI=1S/C57H38N2O4/c60-52-46(37-19-7-1-8-20-37)31-43(32-47(52)38-21-9-2-10-22-38)55-58-56(44-33-48(39-23-11-3-12-24-39)53(61)49(34-44)40-25-13-4-14-26-40)63-57(59-55)45-35-50(41-27-15-5-16-28-41)54(62)51(36-45)42-29-17-6-18-30-42/h1-36H,(H2-,58,59,60,61,62)/p+1. The van der Waals surface area contributed by atoms with Gasteiger partial charge in [-0.3, -0.25) is 0 Å². The van der Waals surface area contributed by atoms with Gasteiger partial charge in [0.2, 0.25) is 0 Å². The summed E-state index contributed by atoms with van der Waals surface area (Å²) in [7, 11) is 0. The molecule has 10 rings (SSSR count). The highest BCUT2D eigenvalue weighted by molar-refractivity contribution is 5.90. The summed E-state index contributed by atoms with van der Waals surface area (Å²) in [6, 6.07) is 69.8. The van der Waals surface area contributed by atoms with Gasteiger partial charge in [-0.15, -0.1) is 9.97 Å². The van der Waals surface area contributed by atoms with Crippen molar-refractivity contribution in [1.82, 2.24) is 9.97 Å². The predicted octanol–water partition coefficient (Wildman–Crippen LogP) is 14.5. The molecule has 6 heteroatoms. The third kappa shape index (κ3) is 7.69. The van der Waals surface area contributed by atoms with E-state index in [0.29, 0.717) is 55.9 Å². The van der Waals surface area contributed by atoms with Gasteiger partial charge in [0.05, 0.1) is 0 Å². The highest BCUT2D eigenvalue weighted by Crippen LogP contribution is 2.46. The van der Waals surface area contributed by atoms with Crippen molar-refractivity contribution in [2.45, 2.75) is 0 Å². The fourth-order valence-electron chi connectivity index (χ4n) is 8.04. The second-order valence-electron chi connectivity index (χ2n) is 15.2. The molecule has 0 spiro atoms. The van der Waals surface area contributed by atoms with Gasteiger partial charge < -0.3 is 15.3 Å². The van der Waals surface area contributed by atoms with Gasteiger partial charge in [-0.25, -0.2) is 0 Å². The molecule has 0 saturated carbocycles. The van der Waals surface area contributed by atoms with Gasteiger partial charge in [0.1, 0.15) is 28.4 Å². The third-order valence-electron chi connectivity index (χ3n) is 11.2. The SMILES string of the molecule is Oc1c(-c2ccccc2)cc(-c2nc(-c3cc(-c4ccccc4)c(O)c(-c4ccccc4)c3)[o+]c(-c3cc(-c4ccccc4)c(O)c(-c4ccccc4)c3)n2)cc1-c1ccccc1. The van der Waals surface area contributed by atoms with Gasteiger partial charge in [0.15, 0.2) is 5.82 Å². The molecule has 1 aromatic heterocycles. The molecule has 0 fully saturated rings. The van der Waals surface area contributed by atoms with Crippen LogP contribution in [0.1, 0.15) is 0 Å². The average Bonchev–Trinajstić information content (AvgIpc) is 3.35. The molecule has 0 atom stereocenters. The van der Waals surface area contributed by atoms with E-state index in [1.165, 1.54) is 0 Å². The molecular weight excluding hydrogens is 777 g/mol. The Labute approximate surface area is 365 Å². The van der Waals surface area contributed by atoms with Gasteiger partial charge in [-0.1, -0.05) is 182 Å². The summed E-state index contributed by atoms with van der Waals surface area (Å²) in [6.07, 6.45) is 0. The zero-order valence-corrected chi connectivity index (χ0v) is 33.9. The maximum Gasteiger partial charge on any atom is 0.464 e. The Morgan fingerprint density at radius 2 is 0.460 bits per heavy atom. The van der Waals surface area contributed by atoms with Crippen LogP contribution in [0.5, 0.6) is 17.2 Å². The zero-order chi connectivity index (χ0) is 42.7. The lowest BCUT2D eigenvalue weighted by atomic mass is 9.93. The number of aromatic hydroxyl groups is 3. The number of benzene rings is 9. The number of hydrogen-bond donors (Lipinski definition) is 3. The van der Waals surface area contributed by atoms with Gasteiger partial charge in [0, 0.05) is 38.9 Å². The fraction of sp³-hybridized carbons (Fsp3) is 0. The zero-order valence-electron chi connectivity index (χ0n) is 33.9. The summed E-state index contributed by atoms with van der Waals surface area (Å²) in [5.41, 5.74) is 10.4. The highest BCUT2D eigenvalue weighted by atomic mass is 16.4. The molecule has 10 aromatic rings. The maximum atomic E-state index is 11.9. The van der Waals surface area contributed by atoms with Crippen LogP contribution in [0, 0.1) is 0 Å². The van der Waals surface area contributed by atoms with Crippen LogP contribution in [-0.4, -0.2) is 25.3 Å². The van der Waals surface area contributed by atoms with Crippen LogP contribution in [0.2, 0.25) is 0 Å². The normalized spacial score (nSPS) is 11.0. The maximum absolute atomic E-state index is 11.9. The molecule has 0 saturated heterocycles. The molecule has 63 heavy (non-hydrogen) atoms. The Bertz CT molecular complexity index is 2680. The summed E-state index contributed by atoms with van der Waals surface area (Å²) in [5.74, 6) is 1.22. The first-order valence-corrected chi connectivity index (χ1v) is 20.7. The summed E-state index contributed by atoms with van der Waals surface area (Å²) < 4.78 is 6.87. The molecule has 0 unspecified atom stereocenters. The number of rotatable bonds is 9. The van der Waals surface area contributed by atoms with Gasteiger partial charge >= 0.3 is 11.8 Å². The Kier molecular flexibility index (Phi) is 10.3. The number of nitrogens with zero attached hydrogens (tertiary/aromatic N) is 2. The van der Waals surface area contributed by atoms with Crippen LogP contribution in [-0.2, 0) is 0 Å². The molecule has 1 heterocycles. The minimum absolute atomic E-state index is 0.128. The van der Waals surface area contributed by atoms with Crippen LogP contribution in [0.25, 0.3) is 101 Å². The van der Waals surface area contributed by atoms with E-state index < -0.39 is 0 Å². The van der Waals surface area contributed by atoms with E-state index in [-0.39, 0.29) is 29.0 Å². The molecule has 0 aliphatic rings. The average molecular weight is 816 g/mol. The molecule has 300 valence electrons. The monoisotopic (exact) mass is 815 g/mol. The number of phenols is 3. The van der Waals surface area contributed by atoms with Crippen molar-refractivity contribution in [3.05, 3.63) is 218 Å². The Morgan fingerprint density at radius 3 is 0.683 bits per heavy atom.